The minimum absolute atomic E-state index is 0.106. The molecule has 1 heterocycles. The molecule has 0 aromatic heterocycles. The first-order chi connectivity index (χ1) is 7.59. The molecule has 2 fully saturated rings. The predicted molar refractivity (Wildman–Crippen MR) is 63.2 cm³/mol. The maximum absolute atomic E-state index is 12.4. The Labute approximate surface area is 98.1 Å². The molecule has 1 spiro atoms. The smallest absolute Gasteiger partial charge is 0.257 e. The molecule has 2 aliphatic rings. The fourth-order valence-electron chi connectivity index (χ4n) is 3.12. The van der Waals surface area contributed by atoms with E-state index in [0.717, 1.165) is 25.9 Å². The summed E-state index contributed by atoms with van der Waals surface area (Å²) in [4.78, 5) is 14.3. The Bertz CT molecular complexity index is 280. The maximum Gasteiger partial charge on any atom is 0.257 e. The second-order valence-corrected chi connectivity index (χ2v) is 5.17. The van der Waals surface area contributed by atoms with Crippen LogP contribution < -0.4 is 0 Å². The van der Waals surface area contributed by atoms with E-state index >= 15 is 0 Å². The van der Waals surface area contributed by atoms with Gasteiger partial charge in [-0.1, -0.05) is 19.3 Å². The molecule has 0 N–H and O–H groups in total. The number of nitrogens with zero attached hydrogens (tertiary/aromatic N) is 1. The molecule has 1 aliphatic heterocycles. The lowest BCUT2D eigenvalue weighted by molar-refractivity contribution is -0.136. The second kappa shape index (κ2) is 4.02. The summed E-state index contributed by atoms with van der Waals surface area (Å²) in [6, 6.07) is 0. The lowest BCUT2D eigenvalue weighted by Gasteiger charge is -2.25. The molecule has 16 heavy (non-hydrogen) atoms. The van der Waals surface area contributed by atoms with Crippen LogP contribution in [-0.4, -0.2) is 35.1 Å². The molecule has 0 aromatic rings. The second-order valence-electron chi connectivity index (χ2n) is 5.17. The summed E-state index contributed by atoms with van der Waals surface area (Å²) in [5, 5.41) is 0. The molecular formula is C13H23NO2. The van der Waals surface area contributed by atoms with E-state index in [9.17, 15) is 4.79 Å². The highest BCUT2D eigenvalue weighted by molar-refractivity contribution is 5.89. The normalized spacial score (nSPS) is 31.4. The summed E-state index contributed by atoms with van der Waals surface area (Å²) in [7, 11) is 0. The highest BCUT2D eigenvalue weighted by Crippen LogP contribution is 2.57. The molecule has 1 saturated heterocycles. The number of hydrogen-bond acceptors (Lipinski definition) is 2. The number of epoxide rings is 1. The molecule has 0 aromatic carbocycles. The van der Waals surface area contributed by atoms with Gasteiger partial charge >= 0.3 is 0 Å². The van der Waals surface area contributed by atoms with E-state index in [2.05, 4.69) is 0 Å². The Morgan fingerprint density at radius 2 is 1.75 bits per heavy atom. The fraction of sp³-hybridized carbons (Fsp3) is 0.923. The number of carbonyl (C=O) groups is 1. The highest BCUT2D eigenvalue weighted by Gasteiger charge is 2.71. The molecule has 0 radical (unpaired) electrons. The molecule has 3 nitrogen and oxygen atoms in total. The topological polar surface area (TPSA) is 32.8 Å². The standard InChI is InChI=1S/C13H23NO2/c1-4-14(5-2)11(15)12(3)13(16-12)9-7-6-8-10-13/h4-10H2,1-3H3. The van der Waals surface area contributed by atoms with Crippen LogP contribution in [-0.2, 0) is 9.53 Å². The van der Waals surface area contributed by atoms with Crippen molar-refractivity contribution in [3.63, 3.8) is 0 Å². The van der Waals surface area contributed by atoms with E-state index in [1.54, 1.807) is 0 Å². The molecule has 2 rings (SSSR count). The van der Waals surface area contributed by atoms with Gasteiger partial charge in [-0.25, -0.2) is 0 Å². The third-order valence-electron chi connectivity index (χ3n) is 4.35. The first kappa shape index (κ1) is 11.9. The summed E-state index contributed by atoms with van der Waals surface area (Å²) in [6.07, 6.45) is 5.84. The molecule has 1 unspecified atom stereocenters. The Balaban J connectivity index is 2.07. The summed E-state index contributed by atoms with van der Waals surface area (Å²) in [5.74, 6) is 0.194. The van der Waals surface area contributed by atoms with E-state index in [-0.39, 0.29) is 11.5 Å². The summed E-state index contributed by atoms with van der Waals surface area (Å²) in [5.41, 5.74) is -0.621. The summed E-state index contributed by atoms with van der Waals surface area (Å²) in [6.45, 7) is 7.61. The molecule has 3 heteroatoms. The Kier molecular flexibility index (Phi) is 2.99. The van der Waals surface area contributed by atoms with E-state index in [0.29, 0.717) is 0 Å². The van der Waals surface area contributed by atoms with Gasteiger partial charge in [0.25, 0.3) is 5.91 Å². The lowest BCUT2D eigenvalue weighted by atomic mass is 9.80. The first-order valence-corrected chi connectivity index (χ1v) is 6.59. The molecule has 1 aliphatic carbocycles. The number of hydrogen-bond donors (Lipinski definition) is 0. The van der Waals surface area contributed by atoms with Crippen molar-refractivity contribution in [1.29, 1.82) is 0 Å². The van der Waals surface area contributed by atoms with Gasteiger partial charge in [0.15, 0.2) is 5.60 Å². The summed E-state index contributed by atoms with van der Waals surface area (Å²) >= 11 is 0. The van der Waals surface area contributed by atoms with Crippen molar-refractivity contribution in [2.75, 3.05) is 13.1 Å². The van der Waals surface area contributed by atoms with E-state index in [4.69, 9.17) is 4.74 Å². The molecule has 0 bridgehead atoms. The van der Waals surface area contributed by atoms with Gasteiger partial charge in [0.1, 0.15) is 5.60 Å². The van der Waals surface area contributed by atoms with Crippen molar-refractivity contribution < 1.29 is 9.53 Å². The number of carbonyl (C=O) groups excluding carboxylic acids is 1. The lowest BCUT2D eigenvalue weighted by Crippen LogP contribution is -2.44. The quantitative estimate of drug-likeness (QED) is 0.691. The van der Waals surface area contributed by atoms with Crippen LogP contribution in [0.4, 0.5) is 0 Å². The largest absolute Gasteiger partial charge is 0.352 e. The van der Waals surface area contributed by atoms with Gasteiger partial charge < -0.3 is 9.64 Å². The SMILES string of the molecule is CCN(CC)C(=O)C1(C)OC12CCCCC2. The van der Waals surface area contributed by atoms with Crippen molar-refractivity contribution in [2.24, 2.45) is 0 Å². The van der Waals surface area contributed by atoms with Gasteiger partial charge in [0.05, 0.1) is 0 Å². The molecule has 1 amide bonds. The molecule has 92 valence electrons. The zero-order valence-electron chi connectivity index (χ0n) is 10.7. The minimum atomic E-state index is -0.514. The van der Waals surface area contributed by atoms with Crippen LogP contribution >= 0.6 is 0 Å². The van der Waals surface area contributed by atoms with Gasteiger partial charge in [-0.05, 0) is 33.6 Å². The van der Waals surface area contributed by atoms with Crippen molar-refractivity contribution in [3.05, 3.63) is 0 Å². The van der Waals surface area contributed by atoms with Crippen molar-refractivity contribution in [3.8, 4) is 0 Å². The van der Waals surface area contributed by atoms with Crippen LogP contribution in [0, 0.1) is 0 Å². The molecule has 1 saturated carbocycles. The van der Waals surface area contributed by atoms with Crippen LogP contribution in [0.1, 0.15) is 52.9 Å². The van der Waals surface area contributed by atoms with Crippen molar-refractivity contribution in [1.82, 2.24) is 4.90 Å². The predicted octanol–water partition coefficient (Wildman–Crippen LogP) is 2.35. The zero-order valence-corrected chi connectivity index (χ0v) is 10.7. The minimum Gasteiger partial charge on any atom is -0.352 e. The highest BCUT2D eigenvalue weighted by atomic mass is 16.6. The van der Waals surface area contributed by atoms with Gasteiger partial charge in [-0.3, -0.25) is 4.79 Å². The van der Waals surface area contributed by atoms with Crippen LogP contribution in [0.25, 0.3) is 0 Å². The van der Waals surface area contributed by atoms with Gasteiger partial charge in [-0.2, -0.15) is 0 Å². The van der Waals surface area contributed by atoms with Gasteiger partial charge in [0, 0.05) is 13.1 Å². The fourth-order valence-corrected chi connectivity index (χ4v) is 3.12. The number of amides is 1. The van der Waals surface area contributed by atoms with Crippen LogP contribution in [0.3, 0.4) is 0 Å². The van der Waals surface area contributed by atoms with E-state index < -0.39 is 5.60 Å². The Morgan fingerprint density at radius 1 is 1.19 bits per heavy atom. The first-order valence-electron chi connectivity index (χ1n) is 6.59. The monoisotopic (exact) mass is 225 g/mol. The number of likely N-dealkylation sites (N-methyl/N-ethyl adjacent to an activating group) is 1. The van der Waals surface area contributed by atoms with Crippen molar-refractivity contribution >= 4 is 5.91 Å². The van der Waals surface area contributed by atoms with E-state index in [1.165, 1.54) is 19.3 Å². The maximum atomic E-state index is 12.4. The van der Waals surface area contributed by atoms with Crippen LogP contribution in [0.5, 0.6) is 0 Å². The Morgan fingerprint density at radius 3 is 2.25 bits per heavy atom. The number of ether oxygens (including phenoxy) is 1. The average molecular weight is 225 g/mol. The Hall–Kier alpha value is -0.570. The van der Waals surface area contributed by atoms with Crippen LogP contribution in [0.15, 0.2) is 0 Å². The zero-order chi connectivity index (χ0) is 11.8. The van der Waals surface area contributed by atoms with Gasteiger partial charge in [0.2, 0.25) is 0 Å². The van der Waals surface area contributed by atoms with E-state index in [1.807, 2.05) is 25.7 Å². The third kappa shape index (κ3) is 1.56. The molecule has 1 atom stereocenters. The van der Waals surface area contributed by atoms with Crippen LogP contribution in [0.2, 0.25) is 0 Å². The molecular weight excluding hydrogens is 202 g/mol. The van der Waals surface area contributed by atoms with Gasteiger partial charge in [-0.15, -0.1) is 0 Å². The summed E-state index contributed by atoms with van der Waals surface area (Å²) < 4.78 is 5.89. The number of rotatable bonds is 3. The van der Waals surface area contributed by atoms with Crippen molar-refractivity contribution in [2.45, 2.75) is 64.1 Å². The third-order valence-corrected chi connectivity index (χ3v) is 4.35. The average Bonchev–Trinajstić information content (AvgIpc) is 2.87.